The van der Waals surface area contributed by atoms with Gasteiger partial charge in [0.1, 0.15) is 17.3 Å². The SMILES string of the molecule is COc1ccc(NC(=O)c2cc(N3CCCC(C)C3)nc(C)n2)cc1OC. The van der Waals surface area contributed by atoms with Crippen LogP contribution in [0.15, 0.2) is 24.3 Å². The summed E-state index contributed by atoms with van der Waals surface area (Å²) in [5.74, 6) is 2.90. The molecule has 1 amide bonds. The van der Waals surface area contributed by atoms with E-state index in [0.717, 1.165) is 25.3 Å². The standard InChI is InChI=1S/C20H26N4O3/c1-13-6-5-9-24(12-13)19-11-16(21-14(2)22-19)20(25)23-15-7-8-17(26-3)18(10-15)27-4/h7-8,10-11,13H,5-6,9,12H2,1-4H3,(H,23,25). The number of amides is 1. The molecule has 1 saturated heterocycles. The Morgan fingerprint density at radius 3 is 2.67 bits per heavy atom. The van der Waals surface area contributed by atoms with Gasteiger partial charge in [-0.2, -0.15) is 0 Å². The van der Waals surface area contributed by atoms with E-state index in [0.29, 0.717) is 34.6 Å². The number of hydrogen-bond donors (Lipinski definition) is 1. The molecule has 144 valence electrons. The van der Waals surface area contributed by atoms with Gasteiger partial charge in [0.15, 0.2) is 11.5 Å². The van der Waals surface area contributed by atoms with E-state index in [4.69, 9.17) is 9.47 Å². The highest BCUT2D eigenvalue weighted by atomic mass is 16.5. The van der Waals surface area contributed by atoms with Crippen molar-refractivity contribution in [1.29, 1.82) is 0 Å². The molecular weight excluding hydrogens is 344 g/mol. The maximum absolute atomic E-state index is 12.7. The first-order valence-corrected chi connectivity index (χ1v) is 9.14. The number of rotatable bonds is 5. The zero-order valence-electron chi connectivity index (χ0n) is 16.3. The first-order chi connectivity index (χ1) is 13.0. The molecule has 27 heavy (non-hydrogen) atoms. The largest absolute Gasteiger partial charge is 0.493 e. The van der Waals surface area contributed by atoms with Crippen LogP contribution in [-0.4, -0.2) is 43.2 Å². The van der Waals surface area contributed by atoms with E-state index in [1.807, 2.05) is 6.92 Å². The van der Waals surface area contributed by atoms with Crippen LogP contribution in [-0.2, 0) is 0 Å². The molecule has 1 atom stereocenters. The minimum atomic E-state index is -0.279. The van der Waals surface area contributed by atoms with E-state index in [-0.39, 0.29) is 5.91 Å². The molecule has 7 heteroatoms. The summed E-state index contributed by atoms with van der Waals surface area (Å²) in [6.45, 7) is 5.96. The summed E-state index contributed by atoms with van der Waals surface area (Å²) in [6, 6.07) is 7.00. The lowest BCUT2D eigenvalue weighted by Gasteiger charge is -2.32. The Morgan fingerprint density at radius 1 is 1.19 bits per heavy atom. The highest BCUT2D eigenvalue weighted by molar-refractivity contribution is 6.03. The van der Waals surface area contributed by atoms with Crippen molar-refractivity contribution in [1.82, 2.24) is 9.97 Å². The first-order valence-electron chi connectivity index (χ1n) is 9.14. The van der Waals surface area contributed by atoms with Gasteiger partial charge in [-0.25, -0.2) is 9.97 Å². The second kappa shape index (κ2) is 8.24. The van der Waals surface area contributed by atoms with Gasteiger partial charge in [0, 0.05) is 30.9 Å². The molecule has 2 heterocycles. The number of carbonyl (C=O) groups is 1. The highest BCUT2D eigenvalue weighted by Crippen LogP contribution is 2.30. The van der Waals surface area contributed by atoms with E-state index >= 15 is 0 Å². The Balaban J connectivity index is 1.80. The number of nitrogens with zero attached hydrogens (tertiary/aromatic N) is 3. The van der Waals surface area contributed by atoms with Crippen molar-refractivity contribution >= 4 is 17.4 Å². The fourth-order valence-corrected chi connectivity index (χ4v) is 3.34. The topological polar surface area (TPSA) is 76.6 Å². The zero-order chi connectivity index (χ0) is 19.4. The molecule has 1 aliphatic rings. The number of methoxy groups -OCH3 is 2. The molecule has 0 spiro atoms. The lowest BCUT2D eigenvalue weighted by atomic mass is 10.0. The molecular formula is C20H26N4O3. The number of aryl methyl sites for hydroxylation is 1. The highest BCUT2D eigenvalue weighted by Gasteiger charge is 2.20. The molecule has 2 aromatic rings. The van der Waals surface area contributed by atoms with E-state index in [1.54, 1.807) is 38.5 Å². The molecule has 0 saturated carbocycles. The van der Waals surface area contributed by atoms with Crippen LogP contribution in [0.5, 0.6) is 11.5 Å². The second-order valence-corrected chi connectivity index (χ2v) is 6.88. The predicted octanol–water partition coefficient (Wildman–Crippen LogP) is 3.29. The summed E-state index contributed by atoms with van der Waals surface area (Å²) in [5, 5.41) is 2.87. The lowest BCUT2D eigenvalue weighted by molar-refractivity contribution is 0.102. The zero-order valence-corrected chi connectivity index (χ0v) is 16.3. The molecule has 1 aromatic carbocycles. The van der Waals surface area contributed by atoms with Crippen LogP contribution in [0, 0.1) is 12.8 Å². The average molecular weight is 370 g/mol. The van der Waals surface area contributed by atoms with Gasteiger partial charge in [-0.15, -0.1) is 0 Å². The van der Waals surface area contributed by atoms with Crippen molar-refractivity contribution in [3.63, 3.8) is 0 Å². The number of piperidine rings is 1. The summed E-state index contributed by atoms with van der Waals surface area (Å²) in [5.41, 5.74) is 0.965. The quantitative estimate of drug-likeness (QED) is 0.870. The number of aromatic nitrogens is 2. The molecule has 1 aromatic heterocycles. The Morgan fingerprint density at radius 2 is 1.96 bits per heavy atom. The van der Waals surface area contributed by atoms with Crippen molar-refractivity contribution in [3.8, 4) is 11.5 Å². The van der Waals surface area contributed by atoms with Gasteiger partial charge in [0.05, 0.1) is 14.2 Å². The van der Waals surface area contributed by atoms with Gasteiger partial charge in [-0.3, -0.25) is 4.79 Å². The van der Waals surface area contributed by atoms with Gasteiger partial charge in [0.25, 0.3) is 5.91 Å². The number of anilines is 2. The van der Waals surface area contributed by atoms with Crippen molar-refractivity contribution < 1.29 is 14.3 Å². The van der Waals surface area contributed by atoms with Crippen LogP contribution in [0.2, 0.25) is 0 Å². The van der Waals surface area contributed by atoms with Gasteiger partial charge in [-0.1, -0.05) is 6.92 Å². The molecule has 1 unspecified atom stereocenters. The minimum absolute atomic E-state index is 0.279. The number of ether oxygens (including phenoxy) is 2. The van der Waals surface area contributed by atoms with Crippen molar-refractivity contribution in [2.45, 2.75) is 26.7 Å². The summed E-state index contributed by atoms with van der Waals surface area (Å²) in [7, 11) is 3.13. The Labute approximate surface area is 159 Å². The number of carbonyl (C=O) groups excluding carboxylic acids is 1. The van der Waals surface area contributed by atoms with Gasteiger partial charge in [0.2, 0.25) is 0 Å². The summed E-state index contributed by atoms with van der Waals surface area (Å²) < 4.78 is 10.5. The lowest BCUT2D eigenvalue weighted by Crippen LogP contribution is -2.35. The van der Waals surface area contributed by atoms with Crippen molar-refractivity contribution in [2.24, 2.45) is 5.92 Å². The molecule has 7 nitrogen and oxygen atoms in total. The monoisotopic (exact) mass is 370 g/mol. The summed E-state index contributed by atoms with van der Waals surface area (Å²) in [6.07, 6.45) is 2.37. The second-order valence-electron chi connectivity index (χ2n) is 6.88. The van der Waals surface area contributed by atoms with Crippen LogP contribution in [0.1, 0.15) is 36.1 Å². The van der Waals surface area contributed by atoms with E-state index in [2.05, 4.69) is 27.1 Å². The molecule has 0 bridgehead atoms. The summed E-state index contributed by atoms with van der Waals surface area (Å²) in [4.78, 5) is 23.8. The minimum Gasteiger partial charge on any atom is -0.493 e. The third kappa shape index (κ3) is 4.48. The van der Waals surface area contributed by atoms with Crippen molar-refractivity contribution in [2.75, 3.05) is 37.5 Å². The summed E-state index contributed by atoms with van der Waals surface area (Å²) >= 11 is 0. The maximum Gasteiger partial charge on any atom is 0.274 e. The molecule has 0 radical (unpaired) electrons. The normalized spacial score (nSPS) is 16.7. The van der Waals surface area contributed by atoms with Gasteiger partial charge in [-0.05, 0) is 37.8 Å². The van der Waals surface area contributed by atoms with Crippen LogP contribution in [0.4, 0.5) is 11.5 Å². The number of hydrogen-bond acceptors (Lipinski definition) is 6. The smallest absolute Gasteiger partial charge is 0.274 e. The third-order valence-electron chi connectivity index (χ3n) is 4.68. The molecule has 1 aliphatic heterocycles. The van der Waals surface area contributed by atoms with E-state index in [1.165, 1.54) is 6.42 Å². The Bertz CT molecular complexity index is 825. The average Bonchev–Trinajstić information content (AvgIpc) is 2.67. The molecule has 3 rings (SSSR count). The molecule has 1 fully saturated rings. The number of benzene rings is 1. The van der Waals surface area contributed by atoms with Gasteiger partial charge < -0.3 is 19.7 Å². The van der Waals surface area contributed by atoms with Crippen LogP contribution in [0.25, 0.3) is 0 Å². The molecule has 0 aliphatic carbocycles. The van der Waals surface area contributed by atoms with Crippen LogP contribution < -0.4 is 19.7 Å². The maximum atomic E-state index is 12.7. The van der Waals surface area contributed by atoms with Crippen molar-refractivity contribution in [3.05, 3.63) is 35.8 Å². The Kier molecular flexibility index (Phi) is 5.78. The first kappa shape index (κ1) is 18.9. The Hall–Kier alpha value is -2.83. The van der Waals surface area contributed by atoms with Gasteiger partial charge >= 0.3 is 0 Å². The predicted molar refractivity (Wildman–Crippen MR) is 105 cm³/mol. The van der Waals surface area contributed by atoms with Crippen LogP contribution >= 0.6 is 0 Å². The fraction of sp³-hybridized carbons (Fsp3) is 0.450. The van der Waals surface area contributed by atoms with Crippen LogP contribution in [0.3, 0.4) is 0 Å². The number of nitrogens with one attached hydrogen (secondary N) is 1. The van der Waals surface area contributed by atoms with E-state index < -0.39 is 0 Å². The molecule has 1 N–H and O–H groups in total. The third-order valence-corrected chi connectivity index (χ3v) is 4.68. The fourth-order valence-electron chi connectivity index (χ4n) is 3.34. The van der Waals surface area contributed by atoms with E-state index in [9.17, 15) is 4.79 Å².